The fourth-order valence-electron chi connectivity index (χ4n) is 3.11. The van der Waals surface area contributed by atoms with E-state index in [2.05, 4.69) is 6.58 Å². The quantitative estimate of drug-likeness (QED) is 0.576. The Labute approximate surface area is 146 Å². The number of benzene rings is 2. The second-order valence-corrected chi connectivity index (χ2v) is 6.02. The molecule has 25 heavy (non-hydrogen) atoms. The predicted octanol–water partition coefficient (Wildman–Crippen LogP) is 3.43. The van der Waals surface area contributed by atoms with Crippen LogP contribution >= 0.6 is 0 Å². The van der Waals surface area contributed by atoms with Crippen LogP contribution in [0.4, 0.5) is 0 Å². The highest BCUT2D eigenvalue weighted by atomic mass is 16.2. The third kappa shape index (κ3) is 3.29. The molecule has 0 spiro atoms. The van der Waals surface area contributed by atoms with Gasteiger partial charge in [0, 0.05) is 6.42 Å². The minimum atomic E-state index is -0.798. The van der Waals surface area contributed by atoms with E-state index in [0.717, 1.165) is 10.5 Å². The van der Waals surface area contributed by atoms with Gasteiger partial charge >= 0.3 is 0 Å². The zero-order valence-electron chi connectivity index (χ0n) is 13.9. The van der Waals surface area contributed by atoms with E-state index in [0.29, 0.717) is 17.5 Å². The molecule has 0 aromatic heterocycles. The Morgan fingerprint density at radius 1 is 0.960 bits per heavy atom. The topological polar surface area (TPSA) is 54.5 Å². The van der Waals surface area contributed by atoms with Gasteiger partial charge in [-0.05, 0) is 30.5 Å². The molecule has 1 aliphatic rings. The van der Waals surface area contributed by atoms with Gasteiger partial charge in [-0.3, -0.25) is 19.3 Å². The number of carbonyl (C=O) groups is 3. The molecule has 4 heteroatoms. The highest BCUT2D eigenvalue weighted by Gasteiger charge is 2.41. The number of nitrogens with zero attached hydrogens (tertiary/aromatic N) is 1. The molecule has 4 nitrogen and oxygen atoms in total. The highest BCUT2D eigenvalue weighted by molar-refractivity contribution is 6.22. The van der Waals surface area contributed by atoms with E-state index >= 15 is 0 Å². The van der Waals surface area contributed by atoms with Crippen molar-refractivity contribution in [2.75, 3.05) is 0 Å². The molecule has 0 aliphatic carbocycles. The molecule has 0 saturated heterocycles. The number of fused-ring (bicyclic) bond motifs is 1. The SMILES string of the molecule is C=CC[C@@H](C(=O)CCc1ccccc1)N1C(=O)c2ccccc2C1=O. The smallest absolute Gasteiger partial charge is 0.262 e. The first-order chi connectivity index (χ1) is 12.1. The Morgan fingerprint density at radius 3 is 2.08 bits per heavy atom. The van der Waals surface area contributed by atoms with E-state index in [9.17, 15) is 14.4 Å². The van der Waals surface area contributed by atoms with Gasteiger partial charge in [0.25, 0.3) is 11.8 Å². The highest BCUT2D eigenvalue weighted by Crippen LogP contribution is 2.26. The Balaban J connectivity index is 1.79. The minimum absolute atomic E-state index is 0.127. The molecule has 126 valence electrons. The number of aryl methyl sites for hydroxylation is 1. The molecule has 0 bridgehead atoms. The number of rotatable bonds is 7. The van der Waals surface area contributed by atoms with Gasteiger partial charge in [-0.2, -0.15) is 0 Å². The van der Waals surface area contributed by atoms with Gasteiger partial charge in [0.15, 0.2) is 5.78 Å². The zero-order valence-corrected chi connectivity index (χ0v) is 13.9. The summed E-state index contributed by atoms with van der Waals surface area (Å²) in [5, 5.41) is 0. The van der Waals surface area contributed by atoms with Crippen molar-refractivity contribution in [1.82, 2.24) is 4.90 Å². The van der Waals surface area contributed by atoms with Crippen LogP contribution < -0.4 is 0 Å². The Bertz CT molecular complexity index is 791. The fourth-order valence-corrected chi connectivity index (χ4v) is 3.11. The molecule has 2 aromatic carbocycles. The van der Waals surface area contributed by atoms with Crippen LogP contribution in [0.3, 0.4) is 0 Å². The first-order valence-corrected chi connectivity index (χ1v) is 8.28. The van der Waals surface area contributed by atoms with E-state index in [4.69, 9.17) is 0 Å². The maximum Gasteiger partial charge on any atom is 0.262 e. The number of ketones is 1. The van der Waals surface area contributed by atoms with Crippen LogP contribution in [0.25, 0.3) is 0 Å². The van der Waals surface area contributed by atoms with Crippen molar-refractivity contribution in [3.63, 3.8) is 0 Å². The van der Waals surface area contributed by atoms with Gasteiger partial charge in [-0.15, -0.1) is 6.58 Å². The van der Waals surface area contributed by atoms with Crippen LogP contribution in [-0.4, -0.2) is 28.5 Å². The van der Waals surface area contributed by atoms with E-state index in [1.165, 1.54) is 0 Å². The lowest BCUT2D eigenvalue weighted by Crippen LogP contribution is -2.44. The predicted molar refractivity (Wildman–Crippen MR) is 95.3 cm³/mol. The van der Waals surface area contributed by atoms with Crippen LogP contribution in [0.1, 0.15) is 39.1 Å². The molecular weight excluding hydrogens is 314 g/mol. The average molecular weight is 333 g/mol. The molecule has 2 amide bonds. The Morgan fingerprint density at radius 2 is 1.52 bits per heavy atom. The maximum atomic E-state index is 12.7. The summed E-state index contributed by atoms with van der Waals surface area (Å²) >= 11 is 0. The van der Waals surface area contributed by atoms with Crippen molar-refractivity contribution in [1.29, 1.82) is 0 Å². The van der Waals surface area contributed by atoms with Crippen LogP contribution in [0.15, 0.2) is 67.3 Å². The van der Waals surface area contributed by atoms with Gasteiger partial charge in [-0.1, -0.05) is 48.5 Å². The van der Waals surface area contributed by atoms with E-state index in [1.807, 2.05) is 30.3 Å². The average Bonchev–Trinajstić information content (AvgIpc) is 2.90. The lowest BCUT2D eigenvalue weighted by Gasteiger charge is -2.24. The largest absolute Gasteiger partial charge is 0.297 e. The first kappa shape index (κ1) is 16.8. The van der Waals surface area contributed by atoms with Crippen LogP contribution in [0.5, 0.6) is 0 Å². The molecular formula is C21H19NO3. The molecule has 3 rings (SSSR count). The van der Waals surface area contributed by atoms with Crippen molar-refractivity contribution in [3.8, 4) is 0 Å². The normalized spacial score (nSPS) is 14.3. The van der Waals surface area contributed by atoms with Gasteiger partial charge < -0.3 is 0 Å². The number of hydrogen-bond acceptors (Lipinski definition) is 3. The summed E-state index contributed by atoms with van der Waals surface area (Å²) in [5.74, 6) is -0.931. The van der Waals surface area contributed by atoms with E-state index in [1.54, 1.807) is 30.3 Å². The number of imide groups is 1. The second-order valence-electron chi connectivity index (χ2n) is 6.02. The molecule has 1 atom stereocenters. The van der Waals surface area contributed by atoms with Crippen molar-refractivity contribution in [3.05, 3.63) is 83.9 Å². The summed E-state index contributed by atoms with van der Waals surface area (Å²) in [5.41, 5.74) is 1.77. The summed E-state index contributed by atoms with van der Waals surface area (Å²) in [6.45, 7) is 3.67. The summed E-state index contributed by atoms with van der Waals surface area (Å²) in [7, 11) is 0. The fraction of sp³-hybridized carbons (Fsp3) is 0.190. The molecule has 0 N–H and O–H groups in total. The monoisotopic (exact) mass is 333 g/mol. The summed E-state index contributed by atoms with van der Waals surface area (Å²) in [6.07, 6.45) is 2.69. The standard InChI is InChI=1S/C21H19NO3/c1-2-8-18(19(23)14-13-15-9-4-3-5-10-15)22-20(24)16-11-6-7-12-17(16)21(22)25/h2-7,9-12,18H,1,8,13-14H2/t18-/m0/s1. The van der Waals surface area contributed by atoms with E-state index in [-0.39, 0.29) is 18.6 Å². The van der Waals surface area contributed by atoms with Crippen LogP contribution in [0.2, 0.25) is 0 Å². The van der Waals surface area contributed by atoms with Crippen molar-refractivity contribution in [2.24, 2.45) is 0 Å². The molecule has 1 heterocycles. The molecule has 2 aromatic rings. The van der Waals surface area contributed by atoms with Crippen LogP contribution in [-0.2, 0) is 11.2 Å². The third-order valence-corrected chi connectivity index (χ3v) is 4.40. The first-order valence-electron chi connectivity index (χ1n) is 8.28. The van der Waals surface area contributed by atoms with Crippen molar-refractivity contribution in [2.45, 2.75) is 25.3 Å². The number of carbonyl (C=O) groups excluding carboxylic acids is 3. The second kappa shape index (κ2) is 7.26. The van der Waals surface area contributed by atoms with Crippen molar-refractivity contribution < 1.29 is 14.4 Å². The third-order valence-electron chi connectivity index (χ3n) is 4.40. The molecule has 0 fully saturated rings. The zero-order chi connectivity index (χ0) is 17.8. The lowest BCUT2D eigenvalue weighted by atomic mass is 10.00. The van der Waals surface area contributed by atoms with E-state index < -0.39 is 17.9 Å². The van der Waals surface area contributed by atoms with Gasteiger partial charge in [-0.25, -0.2) is 0 Å². The Kier molecular flexibility index (Phi) is 4.89. The summed E-state index contributed by atoms with van der Waals surface area (Å²) in [4.78, 5) is 39.1. The number of amides is 2. The Hall–Kier alpha value is -3.01. The molecule has 0 unspecified atom stereocenters. The van der Waals surface area contributed by atoms with Gasteiger partial charge in [0.2, 0.25) is 0 Å². The molecule has 0 saturated carbocycles. The number of hydrogen-bond donors (Lipinski definition) is 0. The lowest BCUT2D eigenvalue weighted by molar-refractivity contribution is -0.122. The summed E-state index contributed by atoms with van der Waals surface area (Å²) < 4.78 is 0. The van der Waals surface area contributed by atoms with Gasteiger partial charge in [0.1, 0.15) is 6.04 Å². The number of Topliss-reactive ketones (excluding diaryl/α,β-unsaturated/α-hetero) is 1. The minimum Gasteiger partial charge on any atom is -0.297 e. The molecule has 0 radical (unpaired) electrons. The summed E-state index contributed by atoms with van der Waals surface area (Å²) in [6, 6.07) is 15.6. The van der Waals surface area contributed by atoms with Gasteiger partial charge in [0.05, 0.1) is 11.1 Å². The molecule has 1 aliphatic heterocycles. The van der Waals surface area contributed by atoms with Crippen LogP contribution in [0, 0.1) is 0 Å². The van der Waals surface area contributed by atoms with Crippen molar-refractivity contribution >= 4 is 17.6 Å². The maximum absolute atomic E-state index is 12.7.